The Morgan fingerprint density at radius 3 is 2.76 bits per heavy atom. The Hall–Kier alpha value is -3.16. The monoisotopic (exact) mass is 283 g/mol. The Morgan fingerprint density at radius 2 is 2.05 bits per heavy atom. The summed E-state index contributed by atoms with van der Waals surface area (Å²) in [6.07, 6.45) is 3.28. The molecule has 0 atom stereocenters. The van der Waals surface area contributed by atoms with Gasteiger partial charge in [0.05, 0.1) is 12.1 Å². The third-order valence-electron chi connectivity index (χ3n) is 2.97. The summed E-state index contributed by atoms with van der Waals surface area (Å²) < 4.78 is 0.884. The van der Waals surface area contributed by atoms with Gasteiger partial charge in [-0.3, -0.25) is 5.41 Å². The lowest BCUT2D eigenvalue weighted by molar-refractivity contribution is 0.203. The second-order valence-electron chi connectivity index (χ2n) is 4.35. The van der Waals surface area contributed by atoms with Crippen LogP contribution in [0, 0.1) is 5.41 Å². The predicted octanol–water partition coefficient (Wildman–Crippen LogP) is 0.960. The molecule has 0 aliphatic rings. The summed E-state index contributed by atoms with van der Waals surface area (Å²) in [5.41, 5.74) is 6.87. The van der Waals surface area contributed by atoms with E-state index in [2.05, 4.69) is 20.3 Å². The fourth-order valence-electron chi connectivity index (χ4n) is 2.02. The lowest BCUT2D eigenvalue weighted by Crippen LogP contribution is -2.13. The maximum atomic E-state index is 10.2. The molecule has 2 aromatic heterocycles. The maximum Gasteiger partial charge on any atom is 0.238 e. The molecular weight excluding hydrogens is 270 g/mol. The SMILES string of the molecule is N=C(N)c1cccc2nc(NCc3ncccn3)n(O)c12. The number of nitrogen functional groups attached to an aromatic ring is 1. The van der Waals surface area contributed by atoms with Gasteiger partial charge in [-0.15, -0.1) is 4.73 Å². The molecule has 8 heteroatoms. The maximum absolute atomic E-state index is 10.2. The molecule has 0 radical (unpaired) electrons. The van der Waals surface area contributed by atoms with E-state index in [1.165, 1.54) is 0 Å². The highest BCUT2D eigenvalue weighted by Crippen LogP contribution is 2.21. The van der Waals surface area contributed by atoms with E-state index in [9.17, 15) is 5.21 Å². The molecule has 1 aromatic carbocycles. The molecular formula is C13H13N7O. The molecule has 3 rings (SSSR count). The van der Waals surface area contributed by atoms with E-state index in [1.54, 1.807) is 36.7 Å². The first-order chi connectivity index (χ1) is 10.2. The number of amidine groups is 1. The van der Waals surface area contributed by atoms with Crippen molar-refractivity contribution >= 4 is 22.8 Å². The van der Waals surface area contributed by atoms with Crippen molar-refractivity contribution in [3.05, 3.63) is 48.0 Å². The summed E-state index contributed by atoms with van der Waals surface area (Å²) in [6, 6.07) is 6.85. The lowest BCUT2D eigenvalue weighted by Gasteiger charge is -2.05. The molecule has 0 fully saturated rings. The smallest absolute Gasteiger partial charge is 0.238 e. The van der Waals surface area contributed by atoms with E-state index < -0.39 is 0 Å². The minimum absolute atomic E-state index is 0.131. The average Bonchev–Trinajstić information content (AvgIpc) is 2.83. The number of rotatable bonds is 4. The topological polar surface area (TPSA) is 126 Å². The van der Waals surface area contributed by atoms with Crippen molar-refractivity contribution in [2.75, 3.05) is 5.32 Å². The first-order valence-corrected chi connectivity index (χ1v) is 6.21. The molecule has 5 N–H and O–H groups in total. The number of benzene rings is 1. The molecule has 0 bridgehead atoms. The highest BCUT2D eigenvalue weighted by Gasteiger charge is 2.14. The molecule has 0 saturated heterocycles. The standard InChI is InChI=1S/C13H13N7O/c14-12(15)8-3-1-4-9-11(8)20(21)13(19-9)18-7-10-16-5-2-6-17-10/h1-6,21H,7H2,(H3,14,15)(H,18,19). The number of hydrogen-bond donors (Lipinski definition) is 4. The van der Waals surface area contributed by atoms with Crippen molar-refractivity contribution in [1.29, 1.82) is 5.41 Å². The van der Waals surface area contributed by atoms with Gasteiger partial charge in [-0.05, 0) is 18.2 Å². The number of imidazole rings is 1. The van der Waals surface area contributed by atoms with E-state index in [4.69, 9.17) is 11.1 Å². The van der Waals surface area contributed by atoms with Gasteiger partial charge in [0, 0.05) is 18.0 Å². The van der Waals surface area contributed by atoms with Crippen molar-refractivity contribution in [1.82, 2.24) is 19.7 Å². The van der Waals surface area contributed by atoms with Crippen LogP contribution in [0.3, 0.4) is 0 Å². The van der Waals surface area contributed by atoms with Crippen molar-refractivity contribution in [3.8, 4) is 0 Å². The van der Waals surface area contributed by atoms with Gasteiger partial charge in [-0.25, -0.2) is 15.0 Å². The Kier molecular flexibility index (Phi) is 3.11. The molecule has 0 unspecified atom stereocenters. The highest BCUT2D eigenvalue weighted by atomic mass is 16.5. The molecule has 2 heterocycles. The van der Waals surface area contributed by atoms with Gasteiger partial charge < -0.3 is 16.3 Å². The number of nitrogens with zero attached hydrogens (tertiary/aromatic N) is 4. The number of para-hydroxylation sites is 1. The number of fused-ring (bicyclic) bond motifs is 1. The molecule has 0 aliphatic carbocycles. The van der Waals surface area contributed by atoms with Crippen molar-refractivity contribution in [2.45, 2.75) is 6.54 Å². The number of nitrogens with one attached hydrogen (secondary N) is 2. The summed E-state index contributed by atoms with van der Waals surface area (Å²) in [7, 11) is 0. The van der Waals surface area contributed by atoms with Crippen LogP contribution in [0.25, 0.3) is 11.0 Å². The van der Waals surface area contributed by atoms with Gasteiger partial charge in [-0.2, -0.15) is 0 Å². The summed E-state index contributed by atoms with van der Waals surface area (Å²) >= 11 is 0. The lowest BCUT2D eigenvalue weighted by atomic mass is 10.2. The van der Waals surface area contributed by atoms with Crippen LogP contribution in [0.15, 0.2) is 36.7 Å². The molecule has 0 aliphatic heterocycles. The third kappa shape index (κ3) is 2.34. The van der Waals surface area contributed by atoms with Gasteiger partial charge in [0.25, 0.3) is 0 Å². The minimum Gasteiger partial charge on any atom is -0.425 e. The van der Waals surface area contributed by atoms with E-state index in [-0.39, 0.29) is 11.8 Å². The molecule has 0 saturated carbocycles. The quantitative estimate of drug-likeness (QED) is 0.321. The van der Waals surface area contributed by atoms with Crippen LogP contribution in [0.2, 0.25) is 0 Å². The zero-order chi connectivity index (χ0) is 14.8. The second-order valence-corrected chi connectivity index (χ2v) is 4.35. The third-order valence-corrected chi connectivity index (χ3v) is 2.97. The number of anilines is 1. The molecule has 3 aromatic rings. The van der Waals surface area contributed by atoms with Crippen LogP contribution in [0.4, 0.5) is 5.95 Å². The summed E-state index contributed by atoms with van der Waals surface area (Å²) in [5.74, 6) is 0.691. The van der Waals surface area contributed by atoms with Crippen LogP contribution < -0.4 is 11.1 Å². The fraction of sp³-hybridized carbons (Fsp3) is 0.0769. The van der Waals surface area contributed by atoms with Crippen molar-refractivity contribution < 1.29 is 5.21 Å². The Morgan fingerprint density at radius 1 is 1.29 bits per heavy atom. The minimum atomic E-state index is -0.131. The van der Waals surface area contributed by atoms with E-state index in [0.29, 0.717) is 29.0 Å². The van der Waals surface area contributed by atoms with Gasteiger partial charge in [0.1, 0.15) is 17.2 Å². The molecule has 21 heavy (non-hydrogen) atoms. The van der Waals surface area contributed by atoms with E-state index >= 15 is 0 Å². The van der Waals surface area contributed by atoms with Crippen LogP contribution in [0.1, 0.15) is 11.4 Å². The first-order valence-electron chi connectivity index (χ1n) is 6.21. The van der Waals surface area contributed by atoms with Crippen LogP contribution in [-0.4, -0.2) is 30.7 Å². The normalized spacial score (nSPS) is 10.7. The van der Waals surface area contributed by atoms with E-state index in [1.807, 2.05) is 0 Å². The zero-order valence-electron chi connectivity index (χ0n) is 11.0. The molecule has 106 valence electrons. The van der Waals surface area contributed by atoms with Crippen LogP contribution in [0.5, 0.6) is 0 Å². The Balaban J connectivity index is 1.95. The summed E-state index contributed by atoms with van der Waals surface area (Å²) in [4.78, 5) is 12.4. The predicted molar refractivity (Wildman–Crippen MR) is 77.3 cm³/mol. The van der Waals surface area contributed by atoms with Crippen LogP contribution >= 0.6 is 0 Å². The average molecular weight is 283 g/mol. The van der Waals surface area contributed by atoms with Gasteiger partial charge in [0.2, 0.25) is 5.95 Å². The molecule has 0 spiro atoms. The molecule has 8 nitrogen and oxygen atoms in total. The van der Waals surface area contributed by atoms with Crippen molar-refractivity contribution in [3.63, 3.8) is 0 Å². The fourth-order valence-corrected chi connectivity index (χ4v) is 2.02. The largest absolute Gasteiger partial charge is 0.425 e. The highest BCUT2D eigenvalue weighted by molar-refractivity contribution is 6.06. The van der Waals surface area contributed by atoms with Crippen molar-refractivity contribution in [2.24, 2.45) is 5.73 Å². The Bertz CT molecular complexity index is 797. The van der Waals surface area contributed by atoms with Gasteiger partial charge >= 0.3 is 0 Å². The van der Waals surface area contributed by atoms with E-state index in [0.717, 1.165) is 4.73 Å². The number of aromatic nitrogens is 4. The summed E-state index contributed by atoms with van der Waals surface area (Å²) in [6.45, 7) is 0.320. The second kappa shape index (κ2) is 5.08. The molecule has 0 amide bonds. The van der Waals surface area contributed by atoms with Gasteiger partial charge in [-0.1, -0.05) is 6.07 Å². The summed E-state index contributed by atoms with van der Waals surface area (Å²) in [5, 5.41) is 20.7. The Labute approximate surface area is 119 Å². The van der Waals surface area contributed by atoms with Crippen LogP contribution in [-0.2, 0) is 6.54 Å². The van der Waals surface area contributed by atoms with Gasteiger partial charge in [0.15, 0.2) is 0 Å². The zero-order valence-corrected chi connectivity index (χ0v) is 11.0. The first kappa shape index (κ1) is 12.9. The number of hydrogen-bond acceptors (Lipinski definition) is 6. The number of nitrogens with two attached hydrogens (primary N) is 1.